The predicted octanol–water partition coefficient (Wildman–Crippen LogP) is 1.10. The van der Waals surface area contributed by atoms with Crippen molar-refractivity contribution in [2.45, 2.75) is 38.3 Å². The van der Waals surface area contributed by atoms with Crippen molar-refractivity contribution >= 4 is 27.5 Å². The number of amides is 1. The van der Waals surface area contributed by atoms with Gasteiger partial charge in [0, 0.05) is 12.0 Å². The van der Waals surface area contributed by atoms with Crippen LogP contribution >= 0.6 is 15.9 Å². The van der Waals surface area contributed by atoms with E-state index in [4.69, 9.17) is 12.2 Å². The van der Waals surface area contributed by atoms with Gasteiger partial charge in [0.1, 0.15) is 11.0 Å². The molecule has 0 atom stereocenters. The van der Waals surface area contributed by atoms with Gasteiger partial charge in [0.05, 0.1) is 11.9 Å². The largest absolute Gasteiger partial charge is 0.380 e. The van der Waals surface area contributed by atoms with Crippen molar-refractivity contribution in [3.63, 3.8) is 0 Å². The molecule has 1 heterocycles. The summed E-state index contributed by atoms with van der Waals surface area (Å²) in [6, 6.07) is 0.210. The summed E-state index contributed by atoms with van der Waals surface area (Å²) in [4.78, 5) is 23.2. The maximum atomic E-state index is 12.0. The maximum Gasteiger partial charge on any atom is 0.284 e. The molecule has 2 rings (SSSR count). The minimum Gasteiger partial charge on any atom is -0.380 e. The van der Waals surface area contributed by atoms with Crippen LogP contribution in [0.2, 0.25) is 0 Å². The van der Waals surface area contributed by atoms with E-state index < -0.39 is 0 Å². The molecule has 112 valence electrons. The van der Waals surface area contributed by atoms with E-state index in [1.165, 1.54) is 4.68 Å². The summed E-state index contributed by atoms with van der Waals surface area (Å²) in [6.07, 6.45) is 9.99. The summed E-state index contributed by atoms with van der Waals surface area (Å²) in [5.74, 6) is 2.12. The van der Waals surface area contributed by atoms with E-state index in [1.54, 1.807) is 6.20 Å². The molecule has 1 aliphatic carbocycles. The number of hydrogen-bond acceptors (Lipinski definition) is 4. The van der Waals surface area contributed by atoms with Gasteiger partial charge in [0.25, 0.3) is 5.56 Å². The molecule has 1 aromatic rings. The highest BCUT2D eigenvalue weighted by Gasteiger charge is 2.25. The number of nitrogens with one attached hydrogen (secondary N) is 1. The van der Waals surface area contributed by atoms with Crippen LogP contribution in [0.5, 0.6) is 0 Å². The zero-order valence-corrected chi connectivity index (χ0v) is 13.1. The normalized spacial score (nSPS) is 21.5. The Balaban J connectivity index is 2.05. The molecule has 1 saturated carbocycles. The van der Waals surface area contributed by atoms with Crippen molar-refractivity contribution in [2.75, 3.05) is 5.32 Å². The molecular formula is C14H17BrN4O2. The number of nitrogens with two attached hydrogens (primary N) is 1. The number of carbonyl (C=O) groups excluding carboxylic acids is 1. The van der Waals surface area contributed by atoms with Crippen LogP contribution in [0.1, 0.15) is 25.7 Å². The number of halogens is 1. The second kappa shape index (κ2) is 6.76. The third kappa shape index (κ3) is 3.64. The summed E-state index contributed by atoms with van der Waals surface area (Å²) in [6.45, 7) is 0.140. The zero-order chi connectivity index (χ0) is 15.4. The van der Waals surface area contributed by atoms with Gasteiger partial charge in [-0.2, -0.15) is 5.10 Å². The van der Waals surface area contributed by atoms with Gasteiger partial charge in [-0.15, -0.1) is 6.42 Å². The van der Waals surface area contributed by atoms with Gasteiger partial charge < -0.3 is 11.1 Å². The Morgan fingerprint density at radius 1 is 1.52 bits per heavy atom. The lowest BCUT2D eigenvalue weighted by atomic mass is 9.85. The van der Waals surface area contributed by atoms with E-state index in [9.17, 15) is 9.59 Å². The highest BCUT2D eigenvalue weighted by molar-refractivity contribution is 9.10. The first-order valence-corrected chi connectivity index (χ1v) is 7.57. The number of anilines is 1. The zero-order valence-electron chi connectivity index (χ0n) is 11.5. The lowest BCUT2D eigenvalue weighted by Crippen LogP contribution is -2.33. The Morgan fingerprint density at radius 3 is 2.76 bits per heavy atom. The third-order valence-electron chi connectivity index (χ3n) is 3.72. The molecule has 6 nitrogen and oxygen atoms in total. The number of hydrogen-bond donors (Lipinski definition) is 2. The Hall–Kier alpha value is -1.81. The van der Waals surface area contributed by atoms with Crippen molar-refractivity contribution in [3.05, 3.63) is 21.0 Å². The lowest BCUT2D eigenvalue weighted by molar-refractivity contribution is -0.122. The number of primary amides is 1. The van der Waals surface area contributed by atoms with Crippen LogP contribution in [0.3, 0.4) is 0 Å². The predicted molar refractivity (Wildman–Crippen MR) is 83.6 cm³/mol. The highest BCUT2D eigenvalue weighted by Crippen LogP contribution is 2.27. The molecule has 1 fully saturated rings. The van der Waals surface area contributed by atoms with Gasteiger partial charge in [0.2, 0.25) is 5.91 Å². The summed E-state index contributed by atoms with van der Waals surface area (Å²) in [5.41, 5.74) is 5.71. The number of aromatic nitrogens is 2. The van der Waals surface area contributed by atoms with Crippen LogP contribution in [-0.2, 0) is 11.3 Å². The second-order valence-electron chi connectivity index (χ2n) is 5.13. The second-order valence-corrected chi connectivity index (χ2v) is 5.93. The van der Waals surface area contributed by atoms with Crippen LogP contribution < -0.4 is 16.6 Å². The molecule has 3 N–H and O–H groups in total. The van der Waals surface area contributed by atoms with Gasteiger partial charge in [-0.3, -0.25) is 9.59 Å². The van der Waals surface area contributed by atoms with E-state index >= 15 is 0 Å². The van der Waals surface area contributed by atoms with Crippen molar-refractivity contribution in [1.82, 2.24) is 9.78 Å². The summed E-state index contributed by atoms with van der Waals surface area (Å²) in [7, 11) is 0. The third-order valence-corrected chi connectivity index (χ3v) is 4.48. The molecule has 0 aliphatic heterocycles. The molecule has 0 spiro atoms. The van der Waals surface area contributed by atoms with Crippen LogP contribution in [-0.4, -0.2) is 21.7 Å². The van der Waals surface area contributed by atoms with Crippen molar-refractivity contribution < 1.29 is 4.79 Å². The van der Waals surface area contributed by atoms with E-state index in [2.05, 4.69) is 32.3 Å². The molecule has 1 amide bonds. The van der Waals surface area contributed by atoms with E-state index in [1.807, 2.05) is 0 Å². The van der Waals surface area contributed by atoms with Crippen LogP contribution in [0.25, 0.3) is 0 Å². The van der Waals surface area contributed by atoms with Gasteiger partial charge in [0.15, 0.2) is 0 Å². The number of terminal acetylenes is 1. The monoisotopic (exact) mass is 352 g/mol. The SMILES string of the molecule is C#CCn1ncc(NC2CCC(C(N)=O)CC2)c(Br)c1=O. The number of rotatable bonds is 4. The minimum atomic E-state index is -0.260. The van der Waals surface area contributed by atoms with Crippen LogP contribution in [0.15, 0.2) is 15.5 Å². The number of nitrogens with zero attached hydrogens (tertiary/aromatic N) is 2. The Bertz CT molecular complexity index is 627. The fourth-order valence-corrected chi connectivity index (χ4v) is 2.93. The molecule has 1 aliphatic rings. The molecule has 21 heavy (non-hydrogen) atoms. The molecule has 0 aromatic carbocycles. The van der Waals surface area contributed by atoms with Crippen LogP contribution in [0.4, 0.5) is 5.69 Å². The molecule has 1 aromatic heterocycles. The minimum absolute atomic E-state index is 0.0340. The first-order chi connectivity index (χ1) is 10.0. The Kier molecular flexibility index (Phi) is 5.02. The fourth-order valence-electron chi connectivity index (χ4n) is 2.51. The van der Waals surface area contributed by atoms with Crippen molar-refractivity contribution in [2.24, 2.45) is 11.7 Å². The molecule has 0 saturated heterocycles. The first-order valence-electron chi connectivity index (χ1n) is 6.78. The summed E-state index contributed by atoms with van der Waals surface area (Å²) < 4.78 is 1.64. The summed E-state index contributed by atoms with van der Waals surface area (Å²) >= 11 is 3.28. The highest BCUT2D eigenvalue weighted by atomic mass is 79.9. The fraction of sp³-hybridized carbons (Fsp3) is 0.500. The molecule has 0 bridgehead atoms. The van der Waals surface area contributed by atoms with E-state index in [0.717, 1.165) is 25.7 Å². The van der Waals surface area contributed by atoms with Gasteiger partial charge in [-0.05, 0) is 41.6 Å². The standard InChI is InChI=1S/C14H17BrN4O2/c1-2-7-19-14(21)12(15)11(8-17-19)18-10-5-3-9(4-6-10)13(16)20/h1,8-10,18H,3-7H2,(H2,16,20). The van der Waals surface area contributed by atoms with Crippen LogP contribution in [0, 0.1) is 18.3 Å². The van der Waals surface area contributed by atoms with Gasteiger partial charge in [-0.25, -0.2) is 4.68 Å². The van der Waals surface area contributed by atoms with Crippen molar-refractivity contribution in [1.29, 1.82) is 0 Å². The average molecular weight is 353 g/mol. The average Bonchev–Trinajstić information content (AvgIpc) is 2.47. The number of carbonyl (C=O) groups is 1. The summed E-state index contributed by atoms with van der Waals surface area (Å²) in [5, 5.41) is 7.32. The van der Waals surface area contributed by atoms with E-state index in [0.29, 0.717) is 10.2 Å². The van der Waals surface area contributed by atoms with Gasteiger partial charge >= 0.3 is 0 Å². The lowest BCUT2D eigenvalue weighted by Gasteiger charge is -2.28. The smallest absolute Gasteiger partial charge is 0.284 e. The Labute approximate surface area is 131 Å². The first kappa shape index (κ1) is 15.6. The molecular weight excluding hydrogens is 336 g/mol. The Morgan fingerprint density at radius 2 is 2.19 bits per heavy atom. The maximum absolute atomic E-state index is 12.0. The molecule has 7 heteroatoms. The van der Waals surface area contributed by atoms with Gasteiger partial charge in [-0.1, -0.05) is 5.92 Å². The van der Waals surface area contributed by atoms with Crippen molar-refractivity contribution in [3.8, 4) is 12.3 Å². The van der Waals surface area contributed by atoms with E-state index in [-0.39, 0.29) is 30.0 Å². The molecule has 0 radical (unpaired) electrons. The molecule has 0 unspecified atom stereocenters. The topological polar surface area (TPSA) is 90.0 Å². The quantitative estimate of drug-likeness (QED) is 0.793.